The number of hydrogen-bond acceptors (Lipinski definition) is 6. The molecule has 0 unspecified atom stereocenters. The SMILES string of the molecule is CC(C)Cc1cc(-c2ccc([C@@H]3CCc4nccn43)cc2)c(S(=O)(=O)NC(=O)OCCC(C)(F)F)s1. The molecule has 0 aliphatic carbocycles. The number of aromatic nitrogens is 2. The third-order valence-corrected chi connectivity index (χ3v) is 8.93. The Bertz CT molecular complexity index is 1330. The highest BCUT2D eigenvalue weighted by atomic mass is 32.2. The minimum absolute atomic E-state index is 0.0126. The van der Waals surface area contributed by atoms with E-state index in [4.69, 9.17) is 0 Å². The van der Waals surface area contributed by atoms with E-state index < -0.39 is 35.1 Å². The molecule has 7 nitrogen and oxygen atoms in total. The molecule has 0 fully saturated rings. The zero-order valence-corrected chi connectivity index (χ0v) is 22.0. The van der Waals surface area contributed by atoms with Gasteiger partial charge in [-0.2, -0.15) is 0 Å². The Labute approximate surface area is 213 Å². The Morgan fingerprint density at radius 3 is 2.69 bits per heavy atom. The van der Waals surface area contributed by atoms with Crippen molar-refractivity contribution in [2.45, 2.75) is 62.6 Å². The van der Waals surface area contributed by atoms with E-state index >= 15 is 0 Å². The van der Waals surface area contributed by atoms with Gasteiger partial charge in [-0.1, -0.05) is 38.1 Å². The van der Waals surface area contributed by atoms with Crippen LogP contribution in [0.25, 0.3) is 11.1 Å². The van der Waals surface area contributed by atoms with E-state index in [2.05, 4.69) is 14.3 Å². The Morgan fingerprint density at radius 2 is 2.03 bits per heavy atom. The van der Waals surface area contributed by atoms with Crippen LogP contribution in [-0.4, -0.2) is 36.6 Å². The van der Waals surface area contributed by atoms with Gasteiger partial charge in [-0.3, -0.25) is 0 Å². The highest BCUT2D eigenvalue weighted by Crippen LogP contribution is 2.38. The quantitative estimate of drug-likeness (QED) is 0.372. The summed E-state index contributed by atoms with van der Waals surface area (Å²) in [6.07, 6.45) is 4.31. The topological polar surface area (TPSA) is 90.3 Å². The number of carbonyl (C=O) groups is 1. The van der Waals surface area contributed by atoms with Gasteiger partial charge in [0.2, 0.25) is 5.92 Å². The number of nitrogens with one attached hydrogen (secondary N) is 1. The summed E-state index contributed by atoms with van der Waals surface area (Å²) in [5.41, 5.74) is 2.29. The number of nitrogens with zero attached hydrogens (tertiary/aromatic N) is 2. The predicted molar refractivity (Wildman–Crippen MR) is 134 cm³/mol. The summed E-state index contributed by atoms with van der Waals surface area (Å²) >= 11 is 1.09. The van der Waals surface area contributed by atoms with Crippen LogP contribution in [0.15, 0.2) is 46.9 Å². The van der Waals surface area contributed by atoms with Crippen LogP contribution >= 0.6 is 11.3 Å². The van der Waals surface area contributed by atoms with Crippen LogP contribution in [0.4, 0.5) is 13.6 Å². The molecular weight excluding hydrogens is 508 g/mol. The molecule has 1 aliphatic rings. The van der Waals surface area contributed by atoms with Gasteiger partial charge in [-0.25, -0.2) is 31.7 Å². The van der Waals surface area contributed by atoms with E-state index in [1.807, 2.05) is 55.1 Å². The van der Waals surface area contributed by atoms with Crippen molar-refractivity contribution >= 4 is 27.5 Å². The Kier molecular flexibility index (Phi) is 7.51. The van der Waals surface area contributed by atoms with Crippen LogP contribution in [0, 0.1) is 5.92 Å². The van der Waals surface area contributed by atoms with E-state index in [1.165, 1.54) is 0 Å². The summed E-state index contributed by atoms with van der Waals surface area (Å²) in [5.74, 6) is -1.67. The maximum atomic E-state index is 13.1. The second-order valence-corrected chi connectivity index (χ2v) is 12.5. The maximum Gasteiger partial charge on any atom is 0.421 e. The molecule has 0 saturated carbocycles. The lowest BCUT2D eigenvalue weighted by Gasteiger charge is -2.14. The fourth-order valence-corrected chi connectivity index (χ4v) is 7.11. The van der Waals surface area contributed by atoms with Crippen LogP contribution in [0.5, 0.6) is 0 Å². The third kappa shape index (κ3) is 6.12. The number of hydrogen-bond donors (Lipinski definition) is 1. The number of benzene rings is 1. The molecule has 3 aromatic rings. The van der Waals surface area contributed by atoms with Crippen molar-refractivity contribution in [1.82, 2.24) is 14.3 Å². The van der Waals surface area contributed by atoms with Gasteiger partial charge in [0.15, 0.2) is 0 Å². The molecule has 3 heterocycles. The van der Waals surface area contributed by atoms with Crippen molar-refractivity contribution in [2.24, 2.45) is 5.92 Å². The highest BCUT2D eigenvalue weighted by molar-refractivity contribution is 7.92. The van der Waals surface area contributed by atoms with Crippen molar-refractivity contribution in [2.75, 3.05) is 6.61 Å². The fraction of sp³-hybridized carbons (Fsp3) is 0.440. The second-order valence-electron chi connectivity index (χ2n) is 9.50. The molecule has 1 aliphatic heterocycles. The molecule has 194 valence electrons. The van der Waals surface area contributed by atoms with Crippen LogP contribution in [0.3, 0.4) is 0 Å². The average molecular weight is 538 g/mol. The predicted octanol–water partition coefficient (Wildman–Crippen LogP) is 5.81. The van der Waals surface area contributed by atoms with Gasteiger partial charge in [-0.15, -0.1) is 11.3 Å². The third-order valence-electron chi connectivity index (χ3n) is 5.93. The molecule has 0 spiro atoms. The summed E-state index contributed by atoms with van der Waals surface area (Å²) in [6.45, 7) is 4.18. The smallest absolute Gasteiger partial charge is 0.421 e. The normalized spacial score (nSPS) is 15.8. The summed E-state index contributed by atoms with van der Waals surface area (Å²) in [4.78, 5) is 17.3. The van der Waals surface area contributed by atoms with Gasteiger partial charge in [0, 0.05) is 35.7 Å². The molecule has 36 heavy (non-hydrogen) atoms. The van der Waals surface area contributed by atoms with E-state index in [-0.39, 0.29) is 10.3 Å². The minimum Gasteiger partial charge on any atom is -0.449 e. The number of fused-ring (bicyclic) bond motifs is 1. The standard InChI is InChI=1S/C25H29F2N3O4S2/c1-16(2)14-19-15-20(23(35-19)36(32,33)29-24(31)34-13-10-25(3,26)27)17-4-6-18(7-5-17)21-8-9-22-28-11-12-30(21)22/h4-7,11-12,15-16,21H,8-10,13-14H2,1-3H3,(H,29,31)/t21-/m0/s1. The molecule has 1 aromatic carbocycles. The number of alkyl halides is 2. The lowest BCUT2D eigenvalue weighted by molar-refractivity contribution is -0.00459. The number of amides is 1. The van der Waals surface area contributed by atoms with Crippen molar-refractivity contribution < 1.29 is 26.7 Å². The molecular formula is C25H29F2N3O4S2. The van der Waals surface area contributed by atoms with Gasteiger partial charge in [0.25, 0.3) is 10.0 Å². The first kappa shape index (κ1) is 26.3. The molecule has 0 bridgehead atoms. The lowest BCUT2D eigenvalue weighted by atomic mass is 10.0. The lowest BCUT2D eigenvalue weighted by Crippen LogP contribution is -2.31. The number of ether oxygens (including phenoxy) is 1. The summed E-state index contributed by atoms with van der Waals surface area (Å²) in [5, 5.41) is 0. The summed E-state index contributed by atoms with van der Waals surface area (Å²) in [6, 6.07) is 9.75. The molecule has 0 saturated heterocycles. The van der Waals surface area contributed by atoms with E-state index in [1.54, 1.807) is 6.20 Å². The summed E-state index contributed by atoms with van der Waals surface area (Å²) in [7, 11) is -4.28. The van der Waals surface area contributed by atoms with Gasteiger partial charge in [0.05, 0.1) is 12.6 Å². The first-order valence-corrected chi connectivity index (χ1v) is 14.0. The number of carbonyl (C=O) groups excluding carboxylic acids is 1. The van der Waals surface area contributed by atoms with Crippen LogP contribution < -0.4 is 4.72 Å². The number of rotatable bonds is 9. The van der Waals surface area contributed by atoms with Crippen molar-refractivity contribution in [3.8, 4) is 11.1 Å². The molecule has 0 radical (unpaired) electrons. The first-order valence-electron chi connectivity index (χ1n) is 11.7. The number of thiophene rings is 1. The van der Waals surface area contributed by atoms with Gasteiger partial charge >= 0.3 is 6.09 Å². The number of aryl methyl sites for hydroxylation is 1. The molecule has 1 amide bonds. The van der Waals surface area contributed by atoms with Crippen molar-refractivity contribution in [1.29, 1.82) is 0 Å². The maximum absolute atomic E-state index is 13.1. The Morgan fingerprint density at radius 1 is 1.31 bits per heavy atom. The number of sulfonamides is 1. The van der Waals surface area contributed by atoms with Crippen LogP contribution in [0.2, 0.25) is 0 Å². The van der Waals surface area contributed by atoms with E-state index in [0.29, 0.717) is 30.4 Å². The van der Waals surface area contributed by atoms with E-state index in [0.717, 1.165) is 40.4 Å². The van der Waals surface area contributed by atoms with Gasteiger partial charge in [0.1, 0.15) is 10.0 Å². The molecule has 2 aromatic heterocycles. The minimum atomic E-state index is -4.28. The van der Waals surface area contributed by atoms with Gasteiger partial charge < -0.3 is 9.30 Å². The van der Waals surface area contributed by atoms with Crippen molar-refractivity contribution in [3.05, 3.63) is 59.0 Å². The van der Waals surface area contributed by atoms with Crippen LogP contribution in [-0.2, 0) is 27.6 Å². The number of imidazole rings is 1. The zero-order valence-electron chi connectivity index (χ0n) is 20.3. The second kappa shape index (κ2) is 10.3. The first-order chi connectivity index (χ1) is 16.9. The number of halogens is 2. The summed E-state index contributed by atoms with van der Waals surface area (Å²) < 4.78 is 60.9. The molecule has 1 atom stereocenters. The fourth-order valence-electron chi connectivity index (χ4n) is 4.27. The Hall–Kier alpha value is -2.79. The average Bonchev–Trinajstić information content (AvgIpc) is 3.48. The van der Waals surface area contributed by atoms with Crippen LogP contribution in [0.1, 0.15) is 55.9 Å². The largest absolute Gasteiger partial charge is 0.449 e. The van der Waals surface area contributed by atoms with E-state index in [9.17, 15) is 22.0 Å². The Balaban J connectivity index is 1.58. The molecule has 4 rings (SSSR count). The van der Waals surface area contributed by atoms with Gasteiger partial charge in [-0.05, 0) is 42.9 Å². The zero-order chi connectivity index (χ0) is 26.1. The monoisotopic (exact) mass is 537 g/mol. The van der Waals surface area contributed by atoms with Crippen molar-refractivity contribution in [3.63, 3.8) is 0 Å². The molecule has 1 N–H and O–H groups in total. The molecule has 11 heteroatoms. The highest BCUT2D eigenvalue weighted by Gasteiger charge is 2.28.